The van der Waals surface area contributed by atoms with Crippen molar-refractivity contribution in [1.82, 2.24) is 4.57 Å². The molecule has 6 heteroatoms. The first kappa shape index (κ1) is 17.1. The fraction of sp³-hybridized carbons (Fsp3) is 0.0952. The number of nitriles is 1. The van der Waals surface area contributed by atoms with Crippen LogP contribution in [0.3, 0.4) is 0 Å². The highest BCUT2D eigenvalue weighted by Crippen LogP contribution is 2.31. The summed E-state index contributed by atoms with van der Waals surface area (Å²) in [4.78, 5) is 0.123. The fourth-order valence-corrected chi connectivity index (χ4v) is 4.43. The van der Waals surface area contributed by atoms with Crippen LogP contribution >= 0.6 is 0 Å². The number of para-hydroxylation sites is 1. The minimum absolute atomic E-state index is 0.123. The van der Waals surface area contributed by atoms with Crippen molar-refractivity contribution in [2.75, 3.05) is 4.72 Å². The van der Waals surface area contributed by atoms with Crippen LogP contribution in [0.15, 0.2) is 71.6 Å². The van der Waals surface area contributed by atoms with E-state index in [9.17, 15) is 8.42 Å². The van der Waals surface area contributed by atoms with Crippen molar-refractivity contribution >= 4 is 37.5 Å². The first-order chi connectivity index (χ1) is 13.0. The molecule has 4 rings (SSSR count). The summed E-state index contributed by atoms with van der Waals surface area (Å²) in [5, 5.41) is 11.0. The number of nitrogens with one attached hydrogen (secondary N) is 1. The molecule has 0 saturated carbocycles. The number of hydrogen-bond donors (Lipinski definition) is 1. The monoisotopic (exact) mass is 375 g/mol. The van der Waals surface area contributed by atoms with Gasteiger partial charge in [-0.15, -0.1) is 0 Å². The maximum atomic E-state index is 12.7. The molecular weight excluding hydrogens is 358 g/mol. The van der Waals surface area contributed by atoms with E-state index in [2.05, 4.69) is 22.3 Å². The van der Waals surface area contributed by atoms with Crippen LogP contribution in [0.1, 0.15) is 12.5 Å². The number of sulfonamides is 1. The summed E-state index contributed by atoms with van der Waals surface area (Å²) in [6.07, 6.45) is 0. The Morgan fingerprint density at radius 2 is 1.67 bits per heavy atom. The molecule has 1 aromatic heterocycles. The van der Waals surface area contributed by atoms with Crippen LogP contribution in [0.2, 0.25) is 0 Å². The number of fused-ring (bicyclic) bond motifs is 3. The van der Waals surface area contributed by atoms with Crippen molar-refractivity contribution < 1.29 is 8.42 Å². The first-order valence-corrected chi connectivity index (χ1v) is 10.1. The van der Waals surface area contributed by atoms with Crippen LogP contribution in [0, 0.1) is 11.3 Å². The summed E-state index contributed by atoms with van der Waals surface area (Å²) in [7, 11) is -3.73. The zero-order chi connectivity index (χ0) is 19.0. The molecule has 134 valence electrons. The van der Waals surface area contributed by atoms with Crippen LogP contribution < -0.4 is 4.72 Å². The zero-order valence-electron chi connectivity index (χ0n) is 14.7. The standard InChI is InChI=1S/C21H17N3O2S/c1-2-24-20-6-4-3-5-18(20)19-13-16(9-12-21(19)24)23-27(25,26)17-10-7-15(14-22)8-11-17/h3-13,23H,2H2,1H3. The van der Waals surface area contributed by atoms with Crippen molar-refractivity contribution in [1.29, 1.82) is 5.26 Å². The van der Waals surface area contributed by atoms with Crippen LogP contribution in [-0.2, 0) is 16.6 Å². The number of nitrogens with zero attached hydrogens (tertiary/aromatic N) is 2. The maximum Gasteiger partial charge on any atom is 0.261 e. The van der Waals surface area contributed by atoms with Crippen molar-refractivity contribution in [2.45, 2.75) is 18.4 Å². The second-order valence-corrected chi connectivity index (χ2v) is 7.92. The zero-order valence-corrected chi connectivity index (χ0v) is 15.5. The van der Waals surface area contributed by atoms with Gasteiger partial charge in [0.1, 0.15) is 0 Å². The van der Waals surface area contributed by atoms with Gasteiger partial charge in [-0.3, -0.25) is 4.72 Å². The predicted molar refractivity (Wildman–Crippen MR) is 107 cm³/mol. The Morgan fingerprint density at radius 1 is 0.963 bits per heavy atom. The van der Waals surface area contributed by atoms with Gasteiger partial charge in [-0.25, -0.2) is 8.42 Å². The fourth-order valence-electron chi connectivity index (χ4n) is 3.38. The number of benzene rings is 3. The lowest BCUT2D eigenvalue weighted by Crippen LogP contribution is -2.12. The SMILES string of the molecule is CCn1c2ccccc2c2cc(NS(=O)(=O)c3ccc(C#N)cc3)ccc21. The third kappa shape index (κ3) is 2.92. The summed E-state index contributed by atoms with van der Waals surface area (Å²) < 4.78 is 30.2. The van der Waals surface area contributed by atoms with Crippen LogP contribution in [0.25, 0.3) is 21.8 Å². The minimum Gasteiger partial charge on any atom is -0.341 e. The van der Waals surface area contributed by atoms with Crippen LogP contribution in [0.5, 0.6) is 0 Å². The molecule has 0 aliphatic carbocycles. The highest BCUT2D eigenvalue weighted by Gasteiger charge is 2.16. The van der Waals surface area contributed by atoms with Crippen molar-refractivity contribution in [3.8, 4) is 6.07 Å². The van der Waals surface area contributed by atoms with E-state index < -0.39 is 10.0 Å². The molecule has 0 aliphatic heterocycles. The van der Waals surface area contributed by atoms with E-state index in [1.165, 1.54) is 24.3 Å². The van der Waals surface area contributed by atoms with E-state index in [0.29, 0.717) is 11.3 Å². The maximum absolute atomic E-state index is 12.7. The molecule has 0 atom stereocenters. The Morgan fingerprint density at radius 3 is 2.37 bits per heavy atom. The minimum atomic E-state index is -3.73. The second kappa shape index (κ2) is 6.45. The average molecular weight is 375 g/mol. The summed E-state index contributed by atoms with van der Waals surface area (Å²) in [6, 6.07) is 21.5. The third-order valence-corrected chi connectivity index (χ3v) is 6.03. The van der Waals surface area contributed by atoms with E-state index in [-0.39, 0.29) is 4.90 Å². The van der Waals surface area contributed by atoms with E-state index in [1.54, 1.807) is 6.07 Å². The lowest BCUT2D eigenvalue weighted by Gasteiger charge is -2.09. The quantitative estimate of drug-likeness (QED) is 0.571. The number of anilines is 1. The van der Waals surface area contributed by atoms with E-state index in [0.717, 1.165) is 28.4 Å². The van der Waals surface area contributed by atoms with Crippen LogP contribution in [0.4, 0.5) is 5.69 Å². The molecule has 0 bridgehead atoms. The Kier molecular flexibility index (Phi) is 4.09. The molecule has 5 nitrogen and oxygen atoms in total. The molecule has 3 aromatic carbocycles. The molecule has 0 aliphatic rings. The van der Waals surface area contributed by atoms with Gasteiger partial charge in [-0.1, -0.05) is 18.2 Å². The van der Waals surface area contributed by atoms with Crippen molar-refractivity contribution in [3.63, 3.8) is 0 Å². The van der Waals surface area contributed by atoms with Crippen LogP contribution in [-0.4, -0.2) is 13.0 Å². The van der Waals surface area contributed by atoms with Gasteiger partial charge in [0.15, 0.2) is 0 Å². The topological polar surface area (TPSA) is 74.9 Å². The lowest BCUT2D eigenvalue weighted by molar-refractivity contribution is 0.601. The molecule has 0 fully saturated rings. The molecule has 1 heterocycles. The van der Waals surface area contributed by atoms with Gasteiger partial charge in [0.2, 0.25) is 0 Å². The molecule has 4 aromatic rings. The first-order valence-electron chi connectivity index (χ1n) is 8.57. The lowest BCUT2D eigenvalue weighted by atomic mass is 10.1. The highest BCUT2D eigenvalue weighted by molar-refractivity contribution is 7.92. The van der Waals surface area contributed by atoms with Gasteiger partial charge in [0.05, 0.1) is 16.5 Å². The molecular formula is C21H17N3O2S. The Bertz CT molecular complexity index is 1300. The molecule has 0 unspecified atom stereocenters. The Balaban J connectivity index is 1.78. The predicted octanol–water partition coefficient (Wildman–Crippen LogP) is 4.49. The summed E-state index contributed by atoms with van der Waals surface area (Å²) >= 11 is 0. The third-order valence-electron chi connectivity index (χ3n) is 4.63. The average Bonchev–Trinajstić information content (AvgIpc) is 3.01. The smallest absolute Gasteiger partial charge is 0.261 e. The molecule has 0 amide bonds. The summed E-state index contributed by atoms with van der Waals surface area (Å²) in [5.41, 5.74) is 3.12. The van der Waals surface area contributed by atoms with Gasteiger partial charge >= 0.3 is 0 Å². The number of aryl methyl sites for hydroxylation is 1. The molecule has 0 spiro atoms. The number of aromatic nitrogens is 1. The van der Waals surface area contributed by atoms with Crippen molar-refractivity contribution in [3.05, 3.63) is 72.3 Å². The molecule has 0 radical (unpaired) electrons. The molecule has 27 heavy (non-hydrogen) atoms. The normalized spacial score (nSPS) is 11.6. The van der Waals surface area contributed by atoms with Gasteiger partial charge in [-0.2, -0.15) is 5.26 Å². The molecule has 1 N–H and O–H groups in total. The summed E-state index contributed by atoms with van der Waals surface area (Å²) in [6.45, 7) is 2.92. The Hall–Kier alpha value is -3.30. The van der Waals surface area contributed by atoms with E-state index in [1.807, 2.05) is 36.4 Å². The Labute approximate surface area is 157 Å². The number of hydrogen-bond acceptors (Lipinski definition) is 3. The van der Waals surface area contributed by atoms with E-state index in [4.69, 9.17) is 5.26 Å². The largest absolute Gasteiger partial charge is 0.341 e. The summed E-state index contributed by atoms with van der Waals surface area (Å²) in [5.74, 6) is 0. The van der Waals surface area contributed by atoms with Crippen molar-refractivity contribution in [2.24, 2.45) is 0 Å². The van der Waals surface area contributed by atoms with Gasteiger partial charge in [0, 0.05) is 34.0 Å². The van der Waals surface area contributed by atoms with E-state index >= 15 is 0 Å². The molecule has 0 saturated heterocycles. The van der Waals surface area contributed by atoms with Gasteiger partial charge < -0.3 is 4.57 Å². The highest BCUT2D eigenvalue weighted by atomic mass is 32.2. The number of rotatable bonds is 4. The van der Waals surface area contributed by atoms with Gasteiger partial charge in [0.25, 0.3) is 10.0 Å². The van der Waals surface area contributed by atoms with Gasteiger partial charge in [-0.05, 0) is 55.5 Å². The second-order valence-electron chi connectivity index (χ2n) is 6.24.